The Morgan fingerprint density at radius 3 is 2.76 bits per heavy atom. The van der Waals surface area contributed by atoms with Gasteiger partial charge in [-0.05, 0) is 32.0 Å². The van der Waals surface area contributed by atoms with Gasteiger partial charge in [-0.1, -0.05) is 30.3 Å². The molecule has 0 spiro atoms. The van der Waals surface area contributed by atoms with E-state index in [1.165, 1.54) is 12.0 Å². The van der Waals surface area contributed by atoms with Crippen LogP contribution in [0.1, 0.15) is 18.4 Å². The highest BCUT2D eigenvalue weighted by molar-refractivity contribution is 5.13. The van der Waals surface area contributed by atoms with Crippen LogP contribution in [0.15, 0.2) is 30.3 Å². The van der Waals surface area contributed by atoms with Crippen molar-refractivity contribution in [2.75, 3.05) is 26.7 Å². The van der Waals surface area contributed by atoms with E-state index in [4.69, 9.17) is 10.5 Å². The summed E-state index contributed by atoms with van der Waals surface area (Å²) in [6, 6.07) is 10.3. The van der Waals surface area contributed by atoms with E-state index in [-0.39, 0.29) is 5.60 Å². The number of likely N-dealkylation sites (tertiary alicyclic amines) is 1. The lowest BCUT2D eigenvalue weighted by atomic mass is 9.93. The van der Waals surface area contributed by atoms with Gasteiger partial charge < -0.3 is 15.4 Å². The van der Waals surface area contributed by atoms with Gasteiger partial charge in [0, 0.05) is 13.1 Å². The Bertz CT molecular complexity index is 341. The lowest BCUT2D eigenvalue weighted by molar-refractivity contribution is -0.0882. The summed E-state index contributed by atoms with van der Waals surface area (Å²) in [4.78, 5) is 2.31. The third-order valence-electron chi connectivity index (χ3n) is 3.49. The van der Waals surface area contributed by atoms with Crippen LogP contribution in [0, 0.1) is 0 Å². The molecule has 0 radical (unpaired) electrons. The highest BCUT2D eigenvalue weighted by atomic mass is 16.5. The normalized spacial score (nSPS) is 26.0. The number of piperidine rings is 1. The molecule has 3 heteroatoms. The van der Waals surface area contributed by atoms with E-state index in [1.807, 2.05) is 18.2 Å². The summed E-state index contributed by atoms with van der Waals surface area (Å²) in [6.07, 6.45) is 2.24. The van der Waals surface area contributed by atoms with E-state index in [1.54, 1.807) is 0 Å². The van der Waals surface area contributed by atoms with Crippen LogP contribution in [0.25, 0.3) is 0 Å². The molecule has 0 aromatic heterocycles. The molecule has 2 rings (SSSR count). The molecule has 0 amide bonds. The highest BCUT2D eigenvalue weighted by Crippen LogP contribution is 2.24. The average molecular weight is 234 g/mol. The molecule has 1 aliphatic heterocycles. The predicted molar refractivity (Wildman–Crippen MR) is 69.7 cm³/mol. The fourth-order valence-electron chi connectivity index (χ4n) is 2.48. The maximum atomic E-state index is 6.11. The first-order chi connectivity index (χ1) is 8.24. The second-order valence-electron chi connectivity index (χ2n) is 5.00. The molecule has 1 aromatic rings. The number of rotatable bonds is 4. The van der Waals surface area contributed by atoms with Crippen LogP contribution in [0.5, 0.6) is 0 Å². The van der Waals surface area contributed by atoms with Crippen LogP contribution in [0.2, 0.25) is 0 Å². The van der Waals surface area contributed by atoms with Crippen molar-refractivity contribution in [3.8, 4) is 0 Å². The predicted octanol–water partition coefficient (Wildman–Crippen LogP) is 1.63. The first-order valence-electron chi connectivity index (χ1n) is 6.31. The van der Waals surface area contributed by atoms with Gasteiger partial charge in [0.05, 0.1) is 12.2 Å². The molecule has 1 aromatic carbocycles. The van der Waals surface area contributed by atoms with Crippen LogP contribution in [-0.4, -0.2) is 37.2 Å². The first-order valence-corrected chi connectivity index (χ1v) is 6.31. The average Bonchev–Trinajstić information content (AvgIpc) is 2.38. The number of likely N-dealkylation sites (N-methyl/N-ethyl adjacent to an activating group) is 1. The van der Waals surface area contributed by atoms with Crippen LogP contribution in [0.3, 0.4) is 0 Å². The maximum Gasteiger partial charge on any atom is 0.0935 e. The molecule has 1 heterocycles. The minimum absolute atomic E-state index is 0.150. The lowest BCUT2D eigenvalue weighted by Gasteiger charge is -2.40. The third kappa shape index (κ3) is 3.28. The summed E-state index contributed by atoms with van der Waals surface area (Å²) in [5.41, 5.74) is 6.98. The van der Waals surface area contributed by atoms with E-state index in [0.29, 0.717) is 13.2 Å². The maximum absolute atomic E-state index is 6.11. The number of benzene rings is 1. The van der Waals surface area contributed by atoms with Crippen LogP contribution in [0.4, 0.5) is 0 Å². The van der Waals surface area contributed by atoms with Gasteiger partial charge in [0.1, 0.15) is 0 Å². The van der Waals surface area contributed by atoms with Gasteiger partial charge in [0.15, 0.2) is 0 Å². The fraction of sp³-hybridized carbons (Fsp3) is 0.571. The Morgan fingerprint density at radius 1 is 1.35 bits per heavy atom. The van der Waals surface area contributed by atoms with Crippen molar-refractivity contribution >= 4 is 0 Å². The van der Waals surface area contributed by atoms with E-state index in [2.05, 4.69) is 24.1 Å². The van der Waals surface area contributed by atoms with Crippen LogP contribution in [-0.2, 0) is 11.3 Å². The molecular weight excluding hydrogens is 212 g/mol. The van der Waals surface area contributed by atoms with E-state index < -0.39 is 0 Å². The fourth-order valence-corrected chi connectivity index (χ4v) is 2.48. The molecule has 0 saturated carbocycles. The Hall–Kier alpha value is -0.900. The Balaban J connectivity index is 1.95. The quantitative estimate of drug-likeness (QED) is 0.860. The van der Waals surface area contributed by atoms with Gasteiger partial charge in [-0.2, -0.15) is 0 Å². The van der Waals surface area contributed by atoms with Crippen molar-refractivity contribution in [1.82, 2.24) is 4.90 Å². The number of ether oxygens (including phenoxy) is 1. The molecule has 1 fully saturated rings. The second-order valence-corrected chi connectivity index (χ2v) is 5.00. The van der Waals surface area contributed by atoms with Crippen molar-refractivity contribution in [3.63, 3.8) is 0 Å². The molecule has 1 atom stereocenters. The van der Waals surface area contributed by atoms with Crippen LogP contribution < -0.4 is 5.73 Å². The molecule has 2 N–H and O–H groups in total. The zero-order chi connectivity index (χ0) is 12.1. The van der Waals surface area contributed by atoms with Crippen molar-refractivity contribution in [2.24, 2.45) is 5.73 Å². The summed E-state index contributed by atoms with van der Waals surface area (Å²) in [7, 11) is 2.13. The monoisotopic (exact) mass is 234 g/mol. The van der Waals surface area contributed by atoms with Gasteiger partial charge in [-0.25, -0.2) is 0 Å². The lowest BCUT2D eigenvalue weighted by Crippen LogP contribution is -2.52. The second kappa shape index (κ2) is 5.63. The SMILES string of the molecule is CN1CCCC(CN)(OCc2ccccc2)C1. The summed E-state index contributed by atoms with van der Waals surface area (Å²) in [6.45, 7) is 3.35. The highest BCUT2D eigenvalue weighted by Gasteiger charge is 2.33. The van der Waals surface area contributed by atoms with E-state index >= 15 is 0 Å². The first kappa shape index (κ1) is 12.6. The number of nitrogens with two attached hydrogens (primary N) is 1. The molecule has 1 aliphatic rings. The number of hydrogen-bond donors (Lipinski definition) is 1. The molecule has 3 nitrogen and oxygen atoms in total. The van der Waals surface area contributed by atoms with Crippen molar-refractivity contribution < 1.29 is 4.74 Å². The van der Waals surface area contributed by atoms with Crippen molar-refractivity contribution in [1.29, 1.82) is 0 Å². The standard InChI is InChI=1S/C14H22N2O/c1-16-9-5-8-14(11-15,12-16)17-10-13-6-3-2-4-7-13/h2-4,6-7H,5,8-12,15H2,1H3. The minimum Gasteiger partial charge on any atom is -0.368 e. The minimum atomic E-state index is -0.150. The van der Waals surface area contributed by atoms with Gasteiger partial charge in [-0.3, -0.25) is 0 Å². The molecule has 17 heavy (non-hydrogen) atoms. The molecule has 0 bridgehead atoms. The molecule has 94 valence electrons. The Kier molecular flexibility index (Phi) is 4.15. The smallest absolute Gasteiger partial charge is 0.0935 e. The number of nitrogens with zero attached hydrogens (tertiary/aromatic N) is 1. The van der Waals surface area contributed by atoms with E-state index in [9.17, 15) is 0 Å². The Morgan fingerprint density at radius 2 is 2.12 bits per heavy atom. The zero-order valence-corrected chi connectivity index (χ0v) is 10.6. The topological polar surface area (TPSA) is 38.5 Å². The molecular formula is C14H22N2O. The summed E-state index contributed by atoms with van der Waals surface area (Å²) >= 11 is 0. The largest absolute Gasteiger partial charge is 0.368 e. The molecule has 1 unspecified atom stereocenters. The number of hydrogen-bond acceptors (Lipinski definition) is 3. The molecule has 0 aliphatic carbocycles. The van der Waals surface area contributed by atoms with Gasteiger partial charge in [0.25, 0.3) is 0 Å². The van der Waals surface area contributed by atoms with Gasteiger partial charge >= 0.3 is 0 Å². The van der Waals surface area contributed by atoms with Crippen molar-refractivity contribution in [3.05, 3.63) is 35.9 Å². The molecule has 1 saturated heterocycles. The summed E-state index contributed by atoms with van der Waals surface area (Å²) < 4.78 is 6.11. The summed E-state index contributed by atoms with van der Waals surface area (Å²) in [5, 5.41) is 0. The van der Waals surface area contributed by atoms with Crippen LogP contribution >= 0.6 is 0 Å². The Labute approximate surface area is 104 Å². The van der Waals surface area contributed by atoms with Gasteiger partial charge in [-0.15, -0.1) is 0 Å². The zero-order valence-electron chi connectivity index (χ0n) is 10.6. The summed E-state index contributed by atoms with van der Waals surface area (Å²) in [5.74, 6) is 0. The van der Waals surface area contributed by atoms with E-state index in [0.717, 1.165) is 19.5 Å². The van der Waals surface area contributed by atoms with Gasteiger partial charge in [0.2, 0.25) is 0 Å². The third-order valence-corrected chi connectivity index (χ3v) is 3.49. The van der Waals surface area contributed by atoms with Crippen molar-refractivity contribution in [2.45, 2.75) is 25.0 Å².